The molecule has 0 radical (unpaired) electrons. The van der Waals surface area contributed by atoms with Crippen LogP contribution in [0.1, 0.15) is 43.5 Å². The summed E-state index contributed by atoms with van der Waals surface area (Å²) in [7, 11) is -4.04. The predicted molar refractivity (Wildman–Crippen MR) is 133 cm³/mol. The largest absolute Gasteiger partial charge is 0.350 e. The van der Waals surface area contributed by atoms with Gasteiger partial charge < -0.3 is 5.32 Å². The van der Waals surface area contributed by atoms with Crippen molar-refractivity contribution in [2.45, 2.75) is 37.2 Å². The van der Waals surface area contributed by atoms with Crippen molar-refractivity contribution in [1.29, 1.82) is 0 Å². The number of nitrogens with one attached hydrogen (secondary N) is 1. The highest BCUT2D eigenvalue weighted by Crippen LogP contribution is 2.32. The second-order valence-electron chi connectivity index (χ2n) is 7.73. The van der Waals surface area contributed by atoms with Gasteiger partial charge in [-0.05, 0) is 43.2 Å². The summed E-state index contributed by atoms with van der Waals surface area (Å²) in [6.45, 7) is 3.66. The van der Waals surface area contributed by atoms with Crippen LogP contribution in [0.25, 0.3) is 0 Å². The molecule has 0 aromatic heterocycles. The van der Waals surface area contributed by atoms with Crippen LogP contribution in [-0.2, 0) is 14.8 Å². The van der Waals surface area contributed by atoms with E-state index in [1.54, 1.807) is 6.92 Å². The fourth-order valence-corrected chi connectivity index (χ4v) is 5.93. The molecule has 0 aliphatic rings. The van der Waals surface area contributed by atoms with Gasteiger partial charge in [0.05, 0.1) is 11.1 Å². The molecule has 33 heavy (non-hydrogen) atoms. The Morgan fingerprint density at radius 1 is 0.909 bits per heavy atom. The maximum absolute atomic E-state index is 13.6. The van der Waals surface area contributed by atoms with Crippen LogP contribution < -0.4 is 5.32 Å². The molecule has 0 aliphatic carbocycles. The summed E-state index contributed by atoms with van der Waals surface area (Å²) in [6, 6.07) is 22.4. The van der Waals surface area contributed by atoms with E-state index in [4.69, 9.17) is 23.2 Å². The van der Waals surface area contributed by atoms with Gasteiger partial charge in [-0.2, -0.15) is 4.31 Å². The quantitative estimate of drug-likeness (QED) is 0.387. The number of rotatable bonds is 9. The number of nitrogens with zero attached hydrogens (tertiary/aromatic N) is 1. The van der Waals surface area contributed by atoms with Crippen molar-refractivity contribution < 1.29 is 13.2 Å². The van der Waals surface area contributed by atoms with Crippen LogP contribution in [0.5, 0.6) is 0 Å². The van der Waals surface area contributed by atoms with Gasteiger partial charge >= 0.3 is 0 Å². The normalized spacial score (nSPS) is 13.5. The molecule has 3 rings (SSSR count). The van der Waals surface area contributed by atoms with Gasteiger partial charge in [0.2, 0.25) is 15.9 Å². The SMILES string of the molecule is CC(NC(=O)CCN(C(C)c1ccccc1)S(=O)(=O)c1cc(Cl)ccc1Cl)c1ccccc1. The van der Waals surface area contributed by atoms with E-state index in [9.17, 15) is 13.2 Å². The maximum Gasteiger partial charge on any atom is 0.245 e. The first-order valence-corrected chi connectivity index (χ1v) is 12.8. The zero-order chi connectivity index (χ0) is 24.0. The topological polar surface area (TPSA) is 66.5 Å². The first kappa shape index (κ1) is 25.2. The van der Waals surface area contributed by atoms with Crippen LogP contribution in [0, 0.1) is 0 Å². The number of amides is 1. The fraction of sp³-hybridized carbons (Fsp3) is 0.240. The standard InChI is InChI=1S/C25H26Cl2N2O3S/c1-18(20-9-5-3-6-10-20)28-25(30)15-16-29(19(2)21-11-7-4-8-12-21)33(31,32)24-17-22(26)13-14-23(24)27/h3-14,17-19H,15-16H2,1-2H3,(H,28,30). The second-order valence-corrected chi connectivity index (χ2v) is 10.4. The average molecular weight is 505 g/mol. The number of hydrogen-bond acceptors (Lipinski definition) is 3. The third kappa shape index (κ3) is 6.36. The number of carbonyl (C=O) groups excluding carboxylic acids is 1. The predicted octanol–water partition coefficient (Wildman–Crippen LogP) is 6.01. The van der Waals surface area contributed by atoms with E-state index in [0.717, 1.165) is 11.1 Å². The van der Waals surface area contributed by atoms with E-state index >= 15 is 0 Å². The number of benzene rings is 3. The summed E-state index contributed by atoms with van der Waals surface area (Å²) < 4.78 is 28.6. The highest BCUT2D eigenvalue weighted by Gasteiger charge is 2.32. The Kier molecular flexibility index (Phi) is 8.54. The lowest BCUT2D eigenvalue weighted by atomic mass is 10.1. The molecule has 1 amide bonds. The number of sulfonamides is 1. The Morgan fingerprint density at radius 2 is 1.48 bits per heavy atom. The van der Waals surface area contributed by atoms with Crippen LogP contribution in [-0.4, -0.2) is 25.2 Å². The van der Waals surface area contributed by atoms with Gasteiger partial charge in [-0.15, -0.1) is 0 Å². The van der Waals surface area contributed by atoms with E-state index in [1.165, 1.54) is 22.5 Å². The molecule has 0 aliphatic heterocycles. The molecule has 174 valence electrons. The van der Waals surface area contributed by atoms with Gasteiger partial charge in [0.15, 0.2) is 0 Å². The Balaban J connectivity index is 1.85. The van der Waals surface area contributed by atoms with Crippen molar-refractivity contribution in [2.75, 3.05) is 6.54 Å². The van der Waals surface area contributed by atoms with Crippen molar-refractivity contribution in [1.82, 2.24) is 9.62 Å². The molecular formula is C25H26Cl2N2O3S. The minimum absolute atomic E-state index is 0.00817. The third-order valence-corrected chi connectivity index (χ3v) is 8.12. The van der Waals surface area contributed by atoms with Crippen LogP contribution >= 0.6 is 23.2 Å². The molecule has 2 unspecified atom stereocenters. The summed E-state index contributed by atoms with van der Waals surface area (Å²) in [6.07, 6.45) is -0.00817. The van der Waals surface area contributed by atoms with Gasteiger partial charge in [-0.1, -0.05) is 83.9 Å². The summed E-state index contributed by atoms with van der Waals surface area (Å²) >= 11 is 12.3. The summed E-state index contributed by atoms with van der Waals surface area (Å²) in [4.78, 5) is 12.6. The lowest BCUT2D eigenvalue weighted by Gasteiger charge is -2.29. The van der Waals surface area contributed by atoms with Crippen molar-refractivity contribution in [2.24, 2.45) is 0 Å². The van der Waals surface area contributed by atoms with Crippen LogP contribution in [0.15, 0.2) is 83.8 Å². The van der Waals surface area contributed by atoms with Gasteiger partial charge in [-0.25, -0.2) is 8.42 Å². The lowest BCUT2D eigenvalue weighted by Crippen LogP contribution is -2.37. The highest BCUT2D eigenvalue weighted by atomic mass is 35.5. The van der Waals surface area contributed by atoms with Gasteiger partial charge in [0.25, 0.3) is 0 Å². The van der Waals surface area contributed by atoms with Crippen LogP contribution in [0.4, 0.5) is 0 Å². The van der Waals surface area contributed by atoms with Crippen molar-refractivity contribution >= 4 is 39.1 Å². The smallest absolute Gasteiger partial charge is 0.245 e. The van der Waals surface area contributed by atoms with E-state index in [1.807, 2.05) is 67.6 Å². The van der Waals surface area contributed by atoms with E-state index < -0.39 is 16.1 Å². The van der Waals surface area contributed by atoms with E-state index in [2.05, 4.69) is 5.32 Å². The highest BCUT2D eigenvalue weighted by molar-refractivity contribution is 7.89. The zero-order valence-corrected chi connectivity index (χ0v) is 20.7. The first-order valence-electron chi connectivity index (χ1n) is 10.6. The third-order valence-electron chi connectivity index (χ3n) is 5.43. The molecular weight excluding hydrogens is 479 g/mol. The molecule has 3 aromatic rings. The van der Waals surface area contributed by atoms with Crippen molar-refractivity contribution in [3.05, 3.63) is 100 Å². The van der Waals surface area contributed by atoms with E-state index in [-0.39, 0.29) is 39.9 Å². The summed E-state index contributed by atoms with van der Waals surface area (Å²) in [5.74, 6) is -0.246. The number of hydrogen-bond donors (Lipinski definition) is 1. The lowest BCUT2D eigenvalue weighted by molar-refractivity contribution is -0.121. The van der Waals surface area contributed by atoms with Gasteiger partial charge in [-0.3, -0.25) is 4.79 Å². The Hall–Kier alpha value is -2.38. The minimum atomic E-state index is -4.04. The Bertz CT molecular complexity index is 1190. The number of carbonyl (C=O) groups is 1. The minimum Gasteiger partial charge on any atom is -0.350 e. The van der Waals surface area contributed by atoms with E-state index in [0.29, 0.717) is 0 Å². The Morgan fingerprint density at radius 3 is 2.09 bits per heavy atom. The molecule has 0 spiro atoms. The molecule has 0 saturated carbocycles. The first-order chi connectivity index (χ1) is 15.7. The summed E-state index contributed by atoms with van der Waals surface area (Å²) in [5, 5.41) is 3.27. The second kappa shape index (κ2) is 11.2. The number of halogens is 2. The molecule has 1 N–H and O–H groups in total. The molecule has 0 fully saturated rings. The molecule has 0 bridgehead atoms. The Labute approximate surface area is 205 Å². The van der Waals surface area contributed by atoms with Crippen LogP contribution in [0.3, 0.4) is 0 Å². The molecule has 2 atom stereocenters. The van der Waals surface area contributed by atoms with Gasteiger partial charge in [0, 0.05) is 24.0 Å². The van der Waals surface area contributed by atoms with Crippen molar-refractivity contribution in [3.8, 4) is 0 Å². The van der Waals surface area contributed by atoms with Gasteiger partial charge in [0.1, 0.15) is 4.90 Å². The zero-order valence-electron chi connectivity index (χ0n) is 18.4. The molecule has 0 saturated heterocycles. The molecule has 5 nitrogen and oxygen atoms in total. The maximum atomic E-state index is 13.6. The van der Waals surface area contributed by atoms with Crippen LogP contribution in [0.2, 0.25) is 10.0 Å². The van der Waals surface area contributed by atoms with Crippen molar-refractivity contribution in [3.63, 3.8) is 0 Å². The molecule has 8 heteroatoms. The molecule has 3 aromatic carbocycles. The molecule has 0 heterocycles. The monoisotopic (exact) mass is 504 g/mol. The average Bonchev–Trinajstić information content (AvgIpc) is 2.81. The fourth-order valence-electron chi connectivity index (χ4n) is 3.57. The summed E-state index contributed by atoms with van der Waals surface area (Å²) in [5.41, 5.74) is 1.77.